The highest BCUT2D eigenvalue weighted by molar-refractivity contribution is 5.85. The third kappa shape index (κ3) is 2.78. The Balaban J connectivity index is 1.96. The molecule has 0 atom stereocenters. The third-order valence-electron chi connectivity index (χ3n) is 2.67. The Morgan fingerprint density at radius 1 is 0.867 bits per heavy atom. The maximum Gasteiger partial charge on any atom is 0.105 e. The minimum atomic E-state index is 0.644. The van der Waals surface area contributed by atoms with Crippen molar-refractivity contribution in [2.24, 2.45) is 0 Å². The van der Waals surface area contributed by atoms with Crippen LogP contribution in [0.5, 0.6) is 0 Å². The molecule has 2 aliphatic rings. The highest BCUT2D eigenvalue weighted by Crippen LogP contribution is 2.23. The molecule has 2 rings (SSSR count). The van der Waals surface area contributed by atoms with Crippen LogP contribution in [0.4, 0.5) is 0 Å². The zero-order valence-electron chi connectivity index (χ0n) is 8.81. The van der Waals surface area contributed by atoms with Gasteiger partial charge in [-0.3, -0.25) is 0 Å². The number of hydrogen-bond donors (Lipinski definition) is 2. The molecule has 0 heterocycles. The lowest BCUT2D eigenvalue weighted by molar-refractivity contribution is 0.288. The predicted octanol–water partition coefficient (Wildman–Crippen LogP) is 3.18. The third-order valence-corrected chi connectivity index (χ3v) is 2.67. The van der Waals surface area contributed by atoms with Crippen molar-refractivity contribution in [2.75, 3.05) is 0 Å². The van der Waals surface area contributed by atoms with Gasteiger partial charge in [-0.25, -0.2) is 0 Å². The molecule has 3 nitrogen and oxygen atoms in total. The van der Waals surface area contributed by atoms with Crippen LogP contribution in [0.1, 0.15) is 38.5 Å². The van der Waals surface area contributed by atoms with Gasteiger partial charge in [-0.15, -0.1) is 0 Å². The van der Waals surface area contributed by atoms with E-state index in [-0.39, 0.29) is 0 Å². The second kappa shape index (κ2) is 4.43. The van der Waals surface area contributed by atoms with Crippen LogP contribution in [0.25, 0.3) is 0 Å². The van der Waals surface area contributed by atoms with Crippen molar-refractivity contribution >= 4 is 11.4 Å². The highest BCUT2D eigenvalue weighted by atomic mass is 16.5. The number of nitrogens with one attached hydrogen (secondary N) is 2. The minimum Gasteiger partial charge on any atom is -0.466 e. The van der Waals surface area contributed by atoms with Gasteiger partial charge in [0.2, 0.25) is 0 Å². The fourth-order valence-electron chi connectivity index (χ4n) is 1.88. The summed E-state index contributed by atoms with van der Waals surface area (Å²) in [7, 11) is 0. The molecule has 0 aromatic heterocycles. The van der Waals surface area contributed by atoms with E-state index in [9.17, 15) is 0 Å². The SMILES string of the molecule is N=C1CCC=C(OC2=CCCC(=N)C2)C1. The Morgan fingerprint density at radius 3 is 1.73 bits per heavy atom. The maximum atomic E-state index is 7.59. The summed E-state index contributed by atoms with van der Waals surface area (Å²) in [6.45, 7) is 0. The van der Waals surface area contributed by atoms with Crippen molar-refractivity contribution in [2.45, 2.75) is 38.5 Å². The van der Waals surface area contributed by atoms with E-state index in [4.69, 9.17) is 15.6 Å². The van der Waals surface area contributed by atoms with Crippen LogP contribution in [-0.2, 0) is 4.74 Å². The summed E-state index contributed by atoms with van der Waals surface area (Å²) >= 11 is 0. The van der Waals surface area contributed by atoms with Crippen molar-refractivity contribution < 1.29 is 4.74 Å². The van der Waals surface area contributed by atoms with E-state index in [0.717, 1.165) is 48.6 Å². The quantitative estimate of drug-likeness (QED) is 0.713. The molecule has 3 heteroatoms. The van der Waals surface area contributed by atoms with E-state index in [2.05, 4.69) is 12.2 Å². The Hall–Kier alpha value is -1.38. The normalized spacial score (nSPS) is 22.1. The molecule has 0 fully saturated rings. The van der Waals surface area contributed by atoms with Crippen molar-refractivity contribution in [3.05, 3.63) is 23.7 Å². The molecule has 2 aliphatic carbocycles. The lowest BCUT2D eigenvalue weighted by atomic mass is 10.0. The van der Waals surface area contributed by atoms with Crippen LogP contribution < -0.4 is 0 Å². The second-order valence-electron chi connectivity index (χ2n) is 4.08. The minimum absolute atomic E-state index is 0.644. The van der Waals surface area contributed by atoms with Gasteiger partial charge >= 0.3 is 0 Å². The van der Waals surface area contributed by atoms with Gasteiger partial charge in [-0.2, -0.15) is 0 Å². The zero-order valence-corrected chi connectivity index (χ0v) is 8.81. The first kappa shape index (κ1) is 10.1. The van der Waals surface area contributed by atoms with E-state index in [1.165, 1.54) is 0 Å². The molecule has 0 unspecified atom stereocenters. The monoisotopic (exact) mass is 204 g/mol. The Morgan fingerprint density at radius 2 is 1.33 bits per heavy atom. The molecule has 0 saturated carbocycles. The average molecular weight is 204 g/mol. The largest absolute Gasteiger partial charge is 0.466 e. The van der Waals surface area contributed by atoms with Gasteiger partial charge in [0.15, 0.2) is 0 Å². The molecule has 2 N–H and O–H groups in total. The Labute approximate surface area is 89.8 Å². The van der Waals surface area contributed by atoms with Crippen LogP contribution >= 0.6 is 0 Å². The summed E-state index contributed by atoms with van der Waals surface area (Å²) < 4.78 is 5.71. The van der Waals surface area contributed by atoms with E-state index >= 15 is 0 Å². The Kier molecular flexibility index (Phi) is 2.99. The van der Waals surface area contributed by atoms with Gasteiger partial charge in [-0.1, -0.05) is 0 Å². The Bertz CT molecular complexity index is 319. The molecule has 0 radical (unpaired) electrons. The van der Waals surface area contributed by atoms with Crippen molar-refractivity contribution in [1.29, 1.82) is 10.8 Å². The smallest absolute Gasteiger partial charge is 0.105 e. The van der Waals surface area contributed by atoms with E-state index in [1.807, 2.05) is 0 Å². The zero-order chi connectivity index (χ0) is 10.7. The number of allylic oxidation sites excluding steroid dienone is 4. The number of ether oxygens (including phenoxy) is 1. The topological polar surface area (TPSA) is 56.9 Å². The molecule has 0 saturated heterocycles. The molecule has 0 aliphatic heterocycles. The summed E-state index contributed by atoms with van der Waals surface area (Å²) in [5, 5.41) is 15.2. The summed E-state index contributed by atoms with van der Waals surface area (Å²) in [4.78, 5) is 0. The molecule has 0 amide bonds. The standard InChI is InChI=1S/C12H16N2O/c13-9-3-1-5-11(7-9)15-12-6-2-4-10(14)8-12/h5-6,13-14H,1-4,7-8H2. The molecule has 80 valence electrons. The van der Waals surface area contributed by atoms with E-state index in [0.29, 0.717) is 12.8 Å². The maximum absolute atomic E-state index is 7.59. The summed E-state index contributed by atoms with van der Waals surface area (Å²) in [6.07, 6.45) is 8.98. The van der Waals surface area contributed by atoms with Gasteiger partial charge in [-0.05, 0) is 37.8 Å². The first-order valence-electron chi connectivity index (χ1n) is 5.42. The van der Waals surface area contributed by atoms with Gasteiger partial charge < -0.3 is 15.6 Å². The molecule has 0 aromatic rings. The van der Waals surface area contributed by atoms with Crippen LogP contribution in [0.3, 0.4) is 0 Å². The van der Waals surface area contributed by atoms with Crippen molar-refractivity contribution in [3.63, 3.8) is 0 Å². The summed E-state index contributed by atoms with van der Waals surface area (Å²) in [5.41, 5.74) is 1.50. The van der Waals surface area contributed by atoms with Gasteiger partial charge in [0.05, 0.1) is 0 Å². The molecular formula is C12H16N2O. The first-order chi connectivity index (χ1) is 7.24. The fraction of sp³-hybridized carbons (Fsp3) is 0.500. The summed E-state index contributed by atoms with van der Waals surface area (Å²) in [6, 6.07) is 0. The van der Waals surface area contributed by atoms with Crippen molar-refractivity contribution in [3.8, 4) is 0 Å². The van der Waals surface area contributed by atoms with Crippen LogP contribution in [0.15, 0.2) is 23.7 Å². The van der Waals surface area contributed by atoms with Crippen molar-refractivity contribution in [1.82, 2.24) is 0 Å². The van der Waals surface area contributed by atoms with Crippen LogP contribution in [0.2, 0.25) is 0 Å². The van der Waals surface area contributed by atoms with E-state index < -0.39 is 0 Å². The molecule has 0 bridgehead atoms. The lowest BCUT2D eigenvalue weighted by Crippen LogP contribution is -2.10. The van der Waals surface area contributed by atoms with Crippen LogP contribution in [-0.4, -0.2) is 11.4 Å². The lowest BCUT2D eigenvalue weighted by Gasteiger charge is -2.19. The predicted molar refractivity (Wildman–Crippen MR) is 60.4 cm³/mol. The second-order valence-corrected chi connectivity index (χ2v) is 4.08. The number of hydrogen-bond acceptors (Lipinski definition) is 3. The van der Waals surface area contributed by atoms with E-state index in [1.54, 1.807) is 0 Å². The average Bonchev–Trinajstić information content (AvgIpc) is 2.17. The molecule has 0 spiro atoms. The van der Waals surface area contributed by atoms with Gasteiger partial charge in [0.25, 0.3) is 0 Å². The molecular weight excluding hydrogens is 188 g/mol. The van der Waals surface area contributed by atoms with Gasteiger partial charge in [0.1, 0.15) is 11.5 Å². The highest BCUT2D eigenvalue weighted by Gasteiger charge is 2.14. The fourth-order valence-corrected chi connectivity index (χ4v) is 1.88. The van der Waals surface area contributed by atoms with Crippen LogP contribution in [0, 0.1) is 10.8 Å². The summed E-state index contributed by atoms with van der Waals surface area (Å²) in [5.74, 6) is 1.79. The van der Waals surface area contributed by atoms with Gasteiger partial charge in [0, 0.05) is 24.3 Å². The first-order valence-corrected chi connectivity index (χ1v) is 5.42. The molecule has 0 aromatic carbocycles. The molecule has 15 heavy (non-hydrogen) atoms. The number of rotatable bonds is 2.